The first-order chi connectivity index (χ1) is 5.74. The van der Waals surface area contributed by atoms with E-state index in [9.17, 15) is 0 Å². The van der Waals surface area contributed by atoms with Gasteiger partial charge in [0.1, 0.15) is 5.84 Å². The molecule has 1 aromatic carbocycles. The molecule has 0 fully saturated rings. The Morgan fingerprint density at radius 3 is 2.42 bits per heavy atom. The van der Waals surface area contributed by atoms with Crippen LogP contribution in [-0.4, -0.2) is 12.4 Å². The van der Waals surface area contributed by atoms with Crippen LogP contribution in [0.3, 0.4) is 0 Å². The van der Waals surface area contributed by atoms with Crippen molar-refractivity contribution in [2.75, 3.05) is 11.9 Å². The number of anilines is 1. The van der Waals surface area contributed by atoms with Crippen molar-refractivity contribution in [3.63, 3.8) is 0 Å². The van der Waals surface area contributed by atoms with Crippen LogP contribution < -0.4 is 11.1 Å². The Morgan fingerprint density at radius 1 is 1.42 bits per heavy atom. The van der Waals surface area contributed by atoms with E-state index in [1.165, 1.54) is 0 Å². The molecule has 0 saturated heterocycles. The Morgan fingerprint density at radius 2 is 2.00 bits per heavy atom. The summed E-state index contributed by atoms with van der Waals surface area (Å²) >= 11 is 0. The zero-order valence-electron chi connectivity index (χ0n) is 7.09. The monoisotopic (exact) mass is 163 g/mol. The first-order valence-corrected chi connectivity index (χ1v) is 3.92. The second kappa shape index (κ2) is 3.76. The van der Waals surface area contributed by atoms with Crippen molar-refractivity contribution in [2.45, 2.75) is 6.92 Å². The van der Waals surface area contributed by atoms with Gasteiger partial charge in [-0.1, -0.05) is 0 Å². The lowest BCUT2D eigenvalue weighted by atomic mass is 10.2. The molecule has 3 heteroatoms. The van der Waals surface area contributed by atoms with E-state index < -0.39 is 0 Å². The normalized spacial score (nSPS) is 9.42. The van der Waals surface area contributed by atoms with Crippen molar-refractivity contribution in [1.29, 1.82) is 5.41 Å². The average Bonchev–Trinajstić information content (AvgIpc) is 2.06. The molecule has 0 heterocycles. The van der Waals surface area contributed by atoms with Crippen LogP contribution in [0.5, 0.6) is 0 Å². The maximum absolute atomic E-state index is 7.17. The second-order valence-electron chi connectivity index (χ2n) is 2.52. The van der Waals surface area contributed by atoms with E-state index in [0.717, 1.165) is 17.8 Å². The van der Waals surface area contributed by atoms with Crippen molar-refractivity contribution >= 4 is 11.5 Å². The van der Waals surface area contributed by atoms with E-state index in [0.29, 0.717) is 0 Å². The first-order valence-electron chi connectivity index (χ1n) is 3.92. The predicted molar refractivity (Wildman–Crippen MR) is 51.6 cm³/mol. The summed E-state index contributed by atoms with van der Waals surface area (Å²) in [5.74, 6) is 0.109. The maximum Gasteiger partial charge on any atom is 0.122 e. The molecule has 12 heavy (non-hydrogen) atoms. The van der Waals surface area contributed by atoms with E-state index in [-0.39, 0.29) is 5.84 Å². The van der Waals surface area contributed by atoms with Crippen LogP contribution in [0, 0.1) is 5.41 Å². The Labute approximate surface area is 72.1 Å². The largest absolute Gasteiger partial charge is 0.385 e. The van der Waals surface area contributed by atoms with Gasteiger partial charge < -0.3 is 11.1 Å². The molecule has 0 aliphatic heterocycles. The summed E-state index contributed by atoms with van der Waals surface area (Å²) < 4.78 is 0. The summed E-state index contributed by atoms with van der Waals surface area (Å²) in [5, 5.41) is 10.3. The molecule has 0 atom stereocenters. The van der Waals surface area contributed by atoms with Crippen LogP contribution in [0.4, 0.5) is 5.69 Å². The van der Waals surface area contributed by atoms with Gasteiger partial charge >= 0.3 is 0 Å². The van der Waals surface area contributed by atoms with Gasteiger partial charge in [0, 0.05) is 17.8 Å². The maximum atomic E-state index is 7.17. The van der Waals surface area contributed by atoms with Crippen LogP contribution in [0.25, 0.3) is 0 Å². The van der Waals surface area contributed by atoms with Crippen LogP contribution in [-0.2, 0) is 0 Å². The third kappa shape index (κ3) is 1.99. The molecular formula is C9H13N3. The molecule has 0 aliphatic carbocycles. The number of rotatable bonds is 3. The molecule has 0 unspecified atom stereocenters. The fourth-order valence-electron chi connectivity index (χ4n) is 0.972. The van der Waals surface area contributed by atoms with E-state index in [4.69, 9.17) is 11.1 Å². The van der Waals surface area contributed by atoms with Gasteiger partial charge in [0.05, 0.1) is 0 Å². The fraction of sp³-hybridized carbons (Fsp3) is 0.222. The number of benzene rings is 1. The smallest absolute Gasteiger partial charge is 0.122 e. The topological polar surface area (TPSA) is 61.9 Å². The predicted octanol–water partition coefficient (Wildman–Crippen LogP) is 1.40. The Hall–Kier alpha value is -1.51. The minimum atomic E-state index is 0.109. The molecule has 1 aromatic rings. The Balaban J connectivity index is 2.78. The average molecular weight is 163 g/mol. The molecule has 0 radical (unpaired) electrons. The lowest BCUT2D eigenvalue weighted by Gasteiger charge is -2.03. The van der Waals surface area contributed by atoms with Gasteiger partial charge in [0.2, 0.25) is 0 Å². The van der Waals surface area contributed by atoms with Crippen LogP contribution in [0.15, 0.2) is 24.3 Å². The van der Waals surface area contributed by atoms with E-state index in [2.05, 4.69) is 5.32 Å². The molecule has 0 aliphatic rings. The van der Waals surface area contributed by atoms with Gasteiger partial charge in [-0.3, -0.25) is 5.41 Å². The Kier molecular flexibility index (Phi) is 2.69. The minimum absolute atomic E-state index is 0.109. The zero-order chi connectivity index (χ0) is 8.97. The van der Waals surface area contributed by atoms with Gasteiger partial charge in [0.25, 0.3) is 0 Å². The molecule has 0 spiro atoms. The summed E-state index contributed by atoms with van der Waals surface area (Å²) in [6.07, 6.45) is 0. The molecular weight excluding hydrogens is 150 g/mol. The third-order valence-corrected chi connectivity index (χ3v) is 1.58. The molecule has 3 nitrogen and oxygen atoms in total. The summed E-state index contributed by atoms with van der Waals surface area (Å²) in [6.45, 7) is 2.94. The molecule has 0 saturated carbocycles. The number of hydrogen-bond donors (Lipinski definition) is 3. The van der Waals surface area contributed by atoms with E-state index in [1.807, 2.05) is 31.2 Å². The number of amidine groups is 1. The van der Waals surface area contributed by atoms with E-state index >= 15 is 0 Å². The highest BCUT2D eigenvalue weighted by molar-refractivity contribution is 5.95. The first kappa shape index (κ1) is 8.59. The highest BCUT2D eigenvalue weighted by Gasteiger charge is 1.94. The summed E-state index contributed by atoms with van der Waals surface area (Å²) in [5.41, 5.74) is 7.12. The lowest BCUT2D eigenvalue weighted by molar-refractivity contribution is 1.21. The van der Waals surface area contributed by atoms with Crippen molar-refractivity contribution in [1.82, 2.24) is 0 Å². The van der Waals surface area contributed by atoms with Crippen molar-refractivity contribution in [3.8, 4) is 0 Å². The molecule has 0 bridgehead atoms. The summed E-state index contributed by atoms with van der Waals surface area (Å²) in [4.78, 5) is 0. The van der Waals surface area contributed by atoms with Crippen LogP contribution >= 0.6 is 0 Å². The second-order valence-corrected chi connectivity index (χ2v) is 2.52. The minimum Gasteiger partial charge on any atom is -0.385 e. The summed E-state index contributed by atoms with van der Waals surface area (Å²) in [6, 6.07) is 7.50. The fourth-order valence-corrected chi connectivity index (χ4v) is 0.972. The highest BCUT2D eigenvalue weighted by Crippen LogP contribution is 2.08. The SMILES string of the molecule is CCNc1ccc(C(=N)N)cc1. The molecule has 4 N–H and O–H groups in total. The number of nitrogens with two attached hydrogens (primary N) is 1. The highest BCUT2D eigenvalue weighted by atomic mass is 14.8. The van der Waals surface area contributed by atoms with Crippen molar-refractivity contribution in [3.05, 3.63) is 29.8 Å². The lowest BCUT2D eigenvalue weighted by Crippen LogP contribution is -2.10. The number of nitrogens with one attached hydrogen (secondary N) is 2. The molecule has 0 amide bonds. The number of hydrogen-bond acceptors (Lipinski definition) is 2. The standard InChI is InChI=1S/C9H13N3/c1-2-12-8-5-3-7(4-6-8)9(10)11/h3-6,12H,2H2,1H3,(H3,10,11). The molecule has 0 aromatic heterocycles. The zero-order valence-corrected chi connectivity index (χ0v) is 7.09. The van der Waals surface area contributed by atoms with Gasteiger partial charge in [0.15, 0.2) is 0 Å². The molecule has 1 rings (SSSR count). The van der Waals surface area contributed by atoms with Gasteiger partial charge in [-0.05, 0) is 31.2 Å². The van der Waals surface area contributed by atoms with Crippen molar-refractivity contribution < 1.29 is 0 Å². The van der Waals surface area contributed by atoms with Gasteiger partial charge in [-0.2, -0.15) is 0 Å². The van der Waals surface area contributed by atoms with Crippen LogP contribution in [0.1, 0.15) is 12.5 Å². The Bertz CT molecular complexity index is 264. The third-order valence-electron chi connectivity index (χ3n) is 1.58. The molecule has 64 valence electrons. The quantitative estimate of drug-likeness (QED) is 0.466. The van der Waals surface area contributed by atoms with Crippen LogP contribution in [0.2, 0.25) is 0 Å². The van der Waals surface area contributed by atoms with E-state index in [1.54, 1.807) is 0 Å². The summed E-state index contributed by atoms with van der Waals surface area (Å²) in [7, 11) is 0. The van der Waals surface area contributed by atoms with Gasteiger partial charge in [-0.25, -0.2) is 0 Å². The van der Waals surface area contributed by atoms with Gasteiger partial charge in [-0.15, -0.1) is 0 Å². The number of nitrogen functional groups attached to an aromatic ring is 1. The van der Waals surface area contributed by atoms with Crippen molar-refractivity contribution in [2.24, 2.45) is 5.73 Å².